The van der Waals surface area contributed by atoms with Crippen LogP contribution in [0.3, 0.4) is 0 Å². The van der Waals surface area contributed by atoms with Gasteiger partial charge in [0.05, 0.1) is 23.8 Å². The number of benzene rings is 2. The highest BCUT2D eigenvalue weighted by atomic mass is 19.4. The Bertz CT molecular complexity index is 1350. The molecular weight excluding hydrogens is 497 g/mol. The van der Waals surface area contributed by atoms with Crippen molar-refractivity contribution in [3.8, 4) is 0 Å². The van der Waals surface area contributed by atoms with Crippen molar-refractivity contribution in [2.24, 2.45) is 5.92 Å². The molecule has 0 amide bonds. The second-order valence-electron chi connectivity index (χ2n) is 10.3. The minimum absolute atomic E-state index is 0.0703. The zero-order chi connectivity index (χ0) is 27.0. The summed E-state index contributed by atoms with van der Waals surface area (Å²) in [5, 5.41) is 9.54. The number of nitrogens with zero attached hydrogens (tertiary/aromatic N) is 1. The maximum absolute atomic E-state index is 13.5. The summed E-state index contributed by atoms with van der Waals surface area (Å²) >= 11 is 0. The third-order valence-electron chi connectivity index (χ3n) is 7.41. The number of likely N-dealkylation sites (N-methyl/N-ethyl adjacent to an activating group) is 1. The molecule has 2 aliphatic heterocycles. The number of nitrogens with one attached hydrogen (secondary N) is 3. The predicted octanol–water partition coefficient (Wildman–Crippen LogP) is 4.39. The molecule has 5 rings (SSSR count). The van der Waals surface area contributed by atoms with Crippen LogP contribution in [0.5, 0.6) is 0 Å². The van der Waals surface area contributed by atoms with E-state index in [-0.39, 0.29) is 36.0 Å². The fraction of sp³-hybridized carbons (Fsp3) is 0.429. The van der Waals surface area contributed by atoms with Gasteiger partial charge >= 0.3 is 6.18 Å². The molecule has 0 spiro atoms. The van der Waals surface area contributed by atoms with Crippen LogP contribution >= 0.6 is 0 Å². The molecule has 1 saturated heterocycles. The molecule has 1 fully saturated rings. The van der Waals surface area contributed by atoms with Crippen molar-refractivity contribution in [1.82, 2.24) is 4.90 Å². The number of halogens is 3. The standard InChI is InChI=1S/C28H31F3N4O3/c1-35(2)13-12-32-23-24(26(37)25(23)36)33-15-18-9-10-19-22(16-6-4-3-5-7-16)34-21-11-8-17(28(29,30)31)14-20(21)27(19)38-18/h3-8,11,14,18-19,22,27,32-34H,9-10,12-13,15H2,1-2H3/t18-,19+,22+,27+/m1/s1. The van der Waals surface area contributed by atoms with E-state index >= 15 is 0 Å². The molecule has 0 saturated carbocycles. The molecule has 3 aromatic carbocycles. The van der Waals surface area contributed by atoms with Crippen molar-refractivity contribution in [2.75, 3.05) is 49.7 Å². The number of fused-ring (bicyclic) bond motifs is 3. The molecule has 3 aromatic rings. The molecule has 7 nitrogen and oxygen atoms in total. The van der Waals surface area contributed by atoms with Gasteiger partial charge in [-0.3, -0.25) is 9.59 Å². The van der Waals surface area contributed by atoms with Crippen LogP contribution in [0.25, 0.3) is 0 Å². The van der Waals surface area contributed by atoms with E-state index in [9.17, 15) is 22.8 Å². The van der Waals surface area contributed by atoms with Gasteiger partial charge in [-0.2, -0.15) is 13.2 Å². The summed E-state index contributed by atoms with van der Waals surface area (Å²) < 4.78 is 47.1. The molecule has 202 valence electrons. The van der Waals surface area contributed by atoms with Crippen LogP contribution in [0.4, 0.5) is 30.2 Å². The lowest BCUT2D eigenvalue weighted by Gasteiger charge is -2.46. The van der Waals surface area contributed by atoms with Gasteiger partial charge in [-0.1, -0.05) is 30.3 Å². The lowest BCUT2D eigenvalue weighted by atomic mass is 9.76. The van der Waals surface area contributed by atoms with E-state index in [1.165, 1.54) is 12.1 Å². The van der Waals surface area contributed by atoms with Gasteiger partial charge in [0.1, 0.15) is 11.4 Å². The highest BCUT2D eigenvalue weighted by Gasteiger charge is 2.43. The highest BCUT2D eigenvalue weighted by molar-refractivity contribution is 5.74. The number of hydrogen-bond donors (Lipinski definition) is 3. The largest absolute Gasteiger partial charge is 0.416 e. The molecule has 38 heavy (non-hydrogen) atoms. The van der Waals surface area contributed by atoms with Crippen LogP contribution < -0.4 is 26.8 Å². The number of alkyl halides is 3. The van der Waals surface area contributed by atoms with Crippen LogP contribution in [0.15, 0.2) is 58.1 Å². The van der Waals surface area contributed by atoms with Gasteiger partial charge in [-0.05, 0) is 50.7 Å². The van der Waals surface area contributed by atoms with E-state index in [1.54, 1.807) is 0 Å². The predicted molar refractivity (Wildman–Crippen MR) is 141 cm³/mol. The van der Waals surface area contributed by atoms with Crippen molar-refractivity contribution in [3.05, 3.63) is 85.7 Å². The molecule has 0 bridgehead atoms. The van der Waals surface area contributed by atoms with E-state index < -0.39 is 28.7 Å². The van der Waals surface area contributed by atoms with Gasteiger partial charge in [0.2, 0.25) is 0 Å². The van der Waals surface area contributed by atoms with E-state index in [0.717, 1.165) is 18.1 Å². The first kappa shape index (κ1) is 26.2. The summed E-state index contributed by atoms with van der Waals surface area (Å²) in [6, 6.07) is 13.5. The van der Waals surface area contributed by atoms with Crippen LogP contribution in [0.2, 0.25) is 0 Å². The van der Waals surface area contributed by atoms with E-state index in [2.05, 4.69) is 16.0 Å². The Hall–Kier alpha value is -3.37. The highest BCUT2D eigenvalue weighted by Crippen LogP contribution is 2.51. The van der Waals surface area contributed by atoms with Crippen LogP contribution in [0, 0.1) is 5.92 Å². The summed E-state index contributed by atoms with van der Waals surface area (Å²) in [6.45, 7) is 1.49. The third kappa shape index (κ3) is 5.15. The van der Waals surface area contributed by atoms with E-state index in [0.29, 0.717) is 30.8 Å². The fourth-order valence-electron chi connectivity index (χ4n) is 5.42. The smallest absolute Gasteiger partial charge is 0.379 e. The molecule has 0 aromatic heterocycles. The van der Waals surface area contributed by atoms with Gasteiger partial charge in [0.15, 0.2) is 0 Å². The average Bonchev–Trinajstić information content (AvgIpc) is 2.90. The second kappa shape index (κ2) is 10.4. The Morgan fingerprint density at radius 2 is 1.71 bits per heavy atom. The zero-order valence-electron chi connectivity index (χ0n) is 21.3. The van der Waals surface area contributed by atoms with E-state index in [4.69, 9.17) is 4.74 Å². The minimum atomic E-state index is -4.46. The SMILES string of the molecule is CN(C)CCNc1c(NC[C@H]2CC[C@@H]3[C@H](O2)c2cc(C(F)(F)F)ccc2N[C@H]3c2ccccc2)c(=O)c1=O. The maximum atomic E-state index is 13.5. The average molecular weight is 529 g/mol. The van der Waals surface area contributed by atoms with Gasteiger partial charge in [0.25, 0.3) is 10.9 Å². The summed E-state index contributed by atoms with van der Waals surface area (Å²) in [5.41, 5.74) is 0.842. The van der Waals surface area contributed by atoms with Crippen molar-refractivity contribution >= 4 is 17.1 Å². The van der Waals surface area contributed by atoms with Crippen molar-refractivity contribution in [2.45, 2.75) is 37.3 Å². The monoisotopic (exact) mass is 528 g/mol. The van der Waals surface area contributed by atoms with E-state index in [1.807, 2.05) is 49.3 Å². The van der Waals surface area contributed by atoms with Crippen LogP contribution in [-0.2, 0) is 10.9 Å². The topological polar surface area (TPSA) is 82.7 Å². The van der Waals surface area contributed by atoms with Crippen molar-refractivity contribution in [3.63, 3.8) is 0 Å². The summed E-state index contributed by atoms with van der Waals surface area (Å²) in [6.07, 6.45) is -3.97. The summed E-state index contributed by atoms with van der Waals surface area (Å²) in [5.74, 6) is -0.0703. The molecule has 3 N–H and O–H groups in total. The Morgan fingerprint density at radius 1 is 1.00 bits per heavy atom. The Morgan fingerprint density at radius 3 is 2.39 bits per heavy atom. The van der Waals surface area contributed by atoms with Crippen LogP contribution in [0.1, 0.15) is 41.7 Å². The van der Waals surface area contributed by atoms with Crippen molar-refractivity contribution < 1.29 is 17.9 Å². The molecule has 10 heteroatoms. The normalized spacial score (nSPS) is 23.0. The third-order valence-corrected chi connectivity index (χ3v) is 7.41. The maximum Gasteiger partial charge on any atom is 0.416 e. The molecule has 0 unspecified atom stereocenters. The number of rotatable bonds is 8. The molecule has 2 aliphatic rings. The minimum Gasteiger partial charge on any atom is -0.379 e. The molecular formula is C28H31F3N4O3. The Labute approximate surface area is 218 Å². The van der Waals surface area contributed by atoms with Gasteiger partial charge < -0.3 is 25.6 Å². The summed E-state index contributed by atoms with van der Waals surface area (Å²) in [7, 11) is 3.82. The Kier molecular flexibility index (Phi) is 7.19. The summed E-state index contributed by atoms with van der Waals surface area (Å²) in [4.78, 5) is 26.2. The lowest BCUT2D eigenvalue weighted by molar-refractivity contribution is -0.138. The lowest BCUT2D eigenvalue weighted by Crippen LogP contribution is -2.43. The van der Waals surface area contributed by atoms with Gasteiger partial charge in [0, 0.05) is 36.8 Å². The van der Waals surface area contributed by atoms with Gasteiger partial charge in [-0.15, -0.1) is 0 Å². The van der Waals surface area contributed by atoms with Crippen molar-refractivity contribution in [1.29, 1.82) is 0 Å². The first-order valence-electron chi connectivity index (χ1n) is 12.8. The zero-order valence-corrected chi connectivity index (χ0v) is 21.3. The second-order valence-corrected chi connectivity index (χ2v) is 10.3. The molecule has 0 aliphatic carbocycles. The molecule has 0 radical (unpaired) electrons. The van der Waals surface area contributed by atoms with Gasteiger partial charge in [-0.25, -0.2) is 0 Å². The first-order chi connectivity index (χ1) is 18.1. The molecule has 4 atom stereocenters. The number of anilines is 3. The first-order valence-corrected chi connectivity index (χ1v) is 12.8. The molecule has 2 heterocycles. The number of ether oxygens (including phenoxy) is 1. The van der Waals surface area contributed by atoms with Crippen LogP contribution in [-0.4, -0.2) is 44.7 Å². The fourth-order valence-corrected chi connectivity index (χ4v) is 5.42. The quantitative estimate of drug-likeness (QED) is 0.374. The Balaban J connectivity index is 1.36. The number of hydrogen-bond acceptors (Lipinski definition) is 7.